The van der Waals surface area contributed by atoms with Crippen molar-refractivity contribution in [2.75, 3.05) is 0 Å². The lowest BCUT2D eigenvalue weighted by molar-refractivity contribution is -0.113. The molecule has 1 heterocycles. The van der Waals surface area contributed by atoms with Crippen molar-refractivity contribution in [3.05, 3.63) is 50.6 Å². The Bertz CT molecular complexity index is 659. The summed E-state index contributed by atoms with van der Waals surface area (Å²) in [5.41, 5.74) is 7.15. The van der Waals surface area contributed by atoms with Crippen LogP contribution in [0.2, 0.25) is 0 Å². The molecular weight excluding hydrogens is 374 g/mol. The van der Waals surface area contributed by atoms with Crippen LogP contribution >= 0.6 is 31.9 Å². The number of carbonyl (C=O) groups excluding carboxylic acids is 1. The number of aryl methyl sites for hydroxylation is 1. The van der Waals surface area contributed by atoms with E-state index >= 15 is 0 Å². The van der Waals surface area contributed by atoms with Gasteiger partial charge in [0.05, 0.1) is 4.47 Å². The number of halogens is 2. The first-order chi connectivity index (χ1) is 8.97. The molecular formula is C14H11Br2NO2. The Labute approximate surface area is 127 Å². The summed E-state index contributed by atoms with van der Waals surface area (Å²) in [6.45, 7) is 2.02. The average molecular weight is 385 g/mol. The van der Waals surface area contributed by atoms with Crippen molar-refractivity contribution in [1.29, 1.82) is 0 Å². The van der Waals surface area contributed by atoms with E-state index in [0.29, 0.717) is 11.5 Å². The standard InChI is InChI=1S/C14H11Br2NO2/c1-8-2-4-10(11(15)6-8)14-12(16)7-9(19-14)3-5-13(17)18/h2-7H,1H3,(H2,17,18)/b5-3-. The smallest absolute Gasteiger partial charge is 0.241 e. The second-order valence-electron chi connectivity index (χ2n) is 4.04. The molecule has 19 heavy (non-hydrogen) atoms. The molecule has 0 bridgehead atoms. The predicted molar refractivity (Wildman–Crippen MR) is 82.5 cm³/mol. The Morgan fingerprint density at radius 2 is 2.00 bits per heavy atom. The fraction of sp³-hybridized carbons (Fsp3) is 0.0714. The molecule has 0 radical (unpaired) electrons. The van der Waals surface area contributed by atoms with Gasteiger partial charge in [-0.25, -0.2) is 0 Å². The quantitative estimate of drug-likeness (QED) is 0.803. The molecule has 2 aromatic rings. The first-order valence-electron chi connectivity index (χ1n) is 5.51. The maximum atomic E-state index is 10.7. The van der Waals surface area contributed by atoms with E-state index in [1.165, 1.54) is 6.08 Å². The third-order valence-corrected chi connectivity index (χ3v) is 3.73. The highest BCUT2D eigenvalue weighted by molar-refractivity contribution is 9.11. The van der Waals surface area contributed by atoms with E-state index in [1.54, 1.807) is 12.1 Å². The van der Waals surface area contributed by atoms with Gasteiger partial charge in [0.2, 0.25) is 5.91 Å². The molecule has 0 atom stereocenters. The monoisotopic (exact) mass is 383 g/mol. The second kappa shape index (κ2) is 5.75. The number of carbonyl (C=O) groups is 1. The van der Waals surface area contributed by atoms with Crippen molar-refractivity contribution in [2.24, 2.45) is 5.73 Å². The van der Waals surface area contributed by atoms with Gasteiger partial charge in [0.25, 0.3) is 0 Å². The molecule has 0 aliphatic heterocycles. The predicted octanol–water partition coefficient (Wildman–Crippen LogP) is 4.28. The number of rotatable bonds is 3. The van der Waals surface area contributed by atoms with Gasteiger partial charge in [0.15, 0.2) is 0 Å². The van der Waals surface area contributed by atoms with Crippen molar-refractivity contribution in [1.82, 2.24) is 0 Å². The summed E-state index contributed by atoms with van der Waals surface area (Å²) in [5, 5.41) is 0. The van der Waals surface area contributed by atoms with E-state index in [-0.39, 0.29) is 0 Å². The van der Waals surface area contributed by atoms with E-state index < -0.39 is 5.91 Å². The molecule has 1 aromatic heterocycles. The first kappa shape index (κ1) is 14.1. The lowest BCUT2D eigenvalue weighted by atomic mass is 10.1. The van der Waals surface area contributed by atoms with Gasteiger partial charge in [-0.2, -0.15) is 0 Å². The molecule has 0 aliphatic rings. The van der Waals surface area contributed by atoms with Crippen LogP contribution in [0.25, 0.3) is 17.4 Å². The molecule has 0 unspecified atom stereocenters. The van der Waals surface area contributed by atoms with Crippen LogP contribution in [0, 0.1) is 6.92 Å². The number of amides is 1. The third kappa shape index (κ3) is 3.36. The molecule has 0 spiro atoms. The number of nitrogens with two attached hydrogens (primary N) is 1. The van der Waals surface area contributed by atoms with Crippen molar-refractivity contribution >= 4 is 43.8 Å². The maximum Gasteiger partial charge on any atom is 0.241 e. The molecule has 3 nitrogen and oxygen atoms in total. The van der Waals surface area contributed by atoms with Gasteiger partial charge in [0, 0.05) is 16.1 Å². The highest BCUT2D eigenvalue weighted by Gasteiger charge is 2.13. The summed E-state index contributed by atoms with van der Waals surface area (Å²) < 4.78 is 7.47. The van der Waals surface area contributed by atoms with Crippen LogP contribution in [-0.2, 0) is 4.79 Å². The number of primary amides is 1. The molecule has 2 N–H and O–H groups in total. The molecule has 1 amide bonds. The number of hydrogen-bond donors (Lipinski definition) is 1. The SMILES string of the molecule is Cc1ccc(-c2oc(/C=C\C(N)=O)cc2Br)c(Br)c1. The fourth-order valence-electron chi connectivity index (χ4n) is 1.62. The van der Waals surface area contributed by atoms with Crippen LogP contribution < -0.4 is 5.73 Å². The summed E-state index contributed by atoms with van der Waals surface area (Å²) in [7, 11) is 0. The zero-order chi connectivity index (χ0) is 14.0. The van der Waals surface area contributed by atoms with Crippen LogP contribution in [0.15, 0.2) is 43.7 Å². The Kier molecular flexibility index (Phi) is 4.27. The molecule has 0 aliphatic carbocycles. The lowest BCUT2D eigenvalue weighted by Crippen LogP contribution is -2.04. The van der Waals surface area contributed by atoms with Crippen LogP contribution in [-0.4, -0.2) is 5.91 Å². The van der Waals surface area contributed by atoms with Crippen molar-refractivity contribution in [3.63, 3.8) is 0 Å². The van der Waals surface area contributed by atoms with Gasteiger partial charge in [0.1, 0.15) is 11.5 Å². The largest absolute Gasteiger partial charge is 0.455 e. The van der Waals surface area contributed by atoms with Crippen molar-refractivity contribution in [3.8, 4) is 11.3 Å². The normalized spacial score (nSPS) is 11.1. The van der Waals surface area contributed by atoms with E-state index in [1.807, 2.05) is 25.1 Å². The van der Waals surface area contributed by atoms with Crippen LogP contribution in [0.1, 0.15) is 11.3 Å². The zero-order valence-electron chi connectivity index (χ0n) is 10.1. The van der Waals surface area contributed by atoms with Gasteiger partial charge in [-0.05, 0) is 52.7 Å². The second-order valence-corrected chi connectivity index (χ2v) is 5.75. The Balaban J connectivity index is 2.43. The Morgan fingerprint density at radius 1 is 1.26 bits per heavy atom. The lowest BCUT2D eigenvalue weighted by Gasteiger charge is -2.03. The minimum absolute atomic E-state index is 0.509. The fourth-order valence-corrected chi connectivity index (χ4v) is 2.81. The molecule has 0 saturated carbocycles. The van der Waals surface area contributed by atoms with Gasteiger partial charge < -0.3 is 10.2 Å². The van der Waals surface area contributed by atoms with E-state index in [4.69, 9.17) is 10.2 Å². The highest BCUT2D eigenvalue weighted by Crippen LogP contribution is 2.36. The number of benzene rings is 1. The van der Waals surface area contributed by atoms with Gasteiger partial charge in [-0.1, -0.05) is 22.0 Å². The van der Waals surface area contributed by atoms with Crippen LogP contribution in [0.4, 0.5) is 0 Å². The Morgan fingerprint density at radius 3 is 2.63 bits per heavy atom. The minimum Gasteiger partial charge on any atom is -0.455 e. The summed E-state index contributed by atoms with van der Waals surface area (Å²) >= 11 is 6.97. The average Bonchev–Trinajstić information content (AvgIpc) is 2.68. The number of furan rings is 1. The molecule has 0 fully saturated rings. The van der Waals surface area contributed by atoms with Gasteiger partial charge in [-0.15, -0.1) is 0 Å². The van der Waals surface area contributed by atoms with Gasteiger partial charge >= 0.3 is 0 Å². The topological polar surface area (TPSA) is 56.2 Å². The molecule has 98 valence electrons. The molecule has 1 aromatic carbocycles. The van der Waals surface area contributed by atoms with Crippen LogP contribution in [0.5, 0.6) is 0 Å². The number of hydrogen-bond acceptors (Lipinski definition) is 2. The summed E-state index contributed by atoms with van der Waals surface area (Å²) in [6.07, 6.45) is 2.80. The van der Waals surface area contributed by atoms with Crippen molar-refractivity contribution < 1.29 is 9.21 Å². The molecule has 2 rings (SSSR count). The minimum atomic E-state index is -0.509. The summed E-state index contributed by atoms with van der Waals surface area (Å²) in [6, 6.07) is 7.79. The third-order valence-electron chi connectivity index (χ3n) is 2.49. The summed E-state index contributed by atoms with van der Waals surface area (Å²) in [4.78, 5) is 10.7. The van der Waals surface area contributed by atoms with E-state index in [2.05, 4.69) is 31.9 Å². The van der Waals surface area contributed by atoms with Crippen LogP contribution in [0.3, 0.4) is 0 Å². The first-order valence-corrected chi connectivity index (χ1v) is 7.09. The van der Waals surface area contributed by atoms with E-state index in [9.17, 15) is 4.79 Å². The van der Waals surface area contributed by atoms with Crippen molar-refractivity contribution in [2.45, 2.75) is 6.92 Å². The Hall–Kier alpha value is -1.33. The maximum absolute atomic E-state index is 10.7. The van der Waals surface area contributed by atoms with Gasteiger partial charge in [-0.3, -0.25) is 4.79 Å². The zero-order valence-corrected chi connectivity index (χ0v) is 13.3. The highest BCUT2D eigenvalue weighted by atomic mass is 79.9. The molecule has 5 heteroatoms. The summed E-state index contributed by atoms with van der Waals surface area (Å²) in [5.74, 6) is 0.759. The van der Waals surface area contributed by atoms with E-state index in [0.717, 1.165) is 20.1 Å². The molecule has 0 saturated heterocycles.